The van der Waals surface area contributed by atoms with Crippen LogP contribution in [0.1, 0.15) is 16.8 Å². The molecule has 29 heavy (non-hydrogen) atoms. The fraction of sp³-hybridized carbons (Fsp3) is 0.0870. The zero-order valence-electron chi connectivity index (χ0n) is 15.8. The topological polar surface area (TPSA) is 66.5 Å². The molecular formula is C23H18ClN5. The Morgan fingerprint density at radius 1 is 1.10 bits per heavy atom. The highest BCUT2D eigenvalue weighted by atomic mass is 35.5. The van der Waals surface area contributed by atoms with Gasteiger partial charge in [-0.15, -0.1) is 0 Å². The molecule has 0 aliphatic carbocycles. The van der Waals surface area contributed by atoms with Crippen molar-refractivity contribution in [3.8, 4) is 23.0 Å². The predicted octanol–water partition coefficient (Wildman–Crippen LogP) is 5.38. The molecule has 0 spiro atoms. The maximum absolute atomic E-state index is 9.51. The lowest BCUT2D eigenvalue weighted by atomic mass is 10.1. The average Bonchev–Trinajstić information content (AvgIpc) is 3.19. The molecule has 1 N–H and O–H groups in total. The van der Waals surface area contributed by atoms with E-state index in [4.69, 9.17) is 11.6 Å². The van der Waals surface area contributed by atoms with E-state index in [0.29, 0.717) is 17.9 Å². The fourth-order valence-corrected chi connectivity index (χ4v) is 3.40. The zero-order chi connectivity index (χ0) is 20.2. The Labute approximate surface area is 174 Å². The number of nitrogens with one attached hydrogen (secondary N) is 1. The summed E-state index contributed by atoms with van der Waals surface area (Å²) in [6.45, 7) is 2.69. The summed E-state index contributed by atoms with van der Waals surface area (Å²) in [5.41, 5.74) is 6.07. The molecule has 0 atom stereocenters. The van der Waals surface area contributed by atoms with Crippen molar-refractivity contribution in [3.05, 3.63) is 94.9 Å². The van der Waals surface area contributed by atoms with E-state index in [1.807, 2.05) is 61.5 Å². The number of aryl methyl sites for hydroxylation is 1. The molecule has 0 amide bonds. The Balaban J connectivity index is 1.55. The van der Waals surface area contributed by atoms with Gasteiger partial charge in [0.1, 0.15) is 11.8 Å². The van der Waals surface area contributed by atoms with Crippen LogP contribution in [0.5, 0.6) is 0 Å². The van der Waals surface area contributed by atoms with Gasteiger partial charge >= 0.3 is 0 Å². The number of anilines is 1. The summed E-state index contributed by atoms with van der Waals surface area (Å²) in [5.74, 6) is 0. The molecule has 0 bridgehead atoms. The second-order valence-electron chi connectivity index (χ2n) is 6.62. The maximum Gasteiger partial charge on any atom is 0.144 e. The summed E-state index contributed by atoms with van der Waals surface area (Å²) in [6.07, 6.45) is 3.44. The van der Waals surface area contributed by atoms with E-state index < -0.39 is 0 Å². The van der Waals surface area contributed by atoms with Crippen molar-refractivity contribution in [2.75, 3.05) is 5.32 Å². The number of nitrogens with zero attached hydrogens (tertiary/aromatic N) is 4. The molecule has 4 aromatic rings. The molecule has 0 saturated heterocycles. The zero-order valence-corrected chi connectivity index (χ0v) is 16.6. The fourth-order valence-electron chi connectivity index (χ4n) is 3.11. The van der Waals surface area contributed by atoms with Crippen LogP contribution in [0.2, 0.25) is 5.02 Å². The van der Waals surface area contributed by atoms with Crippen LogP contribution in [0.3, 0.4) is 0 Å². The van der Waals surface area contributed by atoms with E-state index in [1.54, 1.807) is 23.1 Å². The number of benzene rings is 2. The highest BCUT2D eigenvalue weighted by Crippen LogP contribution is 2.23. The molecule has 2 aromatic heterocycles. The third-order valence-corrected chi connectivity index (χ3v) is 5.07. The summed E-state index contributed by atoms with van der Waals surface area (Å²) < 4.78 is 1.64. The number of aromatic nitrogens is 3. The van der Waals surface area contributed by atoms with Gasteiger partial charge in [0, 0.05) is 41.3 Å². The van der Waals surface area contributed by atoms with Crippen LogP contribution in [0.4, 0.5) is 5.69 Å². The van der Waals surface area contributed by atoms with Crippen molar-refractivity contribution in [1.82, 2.24) is 14.8 Å². The summed E-state index contributed by atoms with van der Waals surface area (Å²) in [7, 11) is 0. The van der Waals surface area contributed by atoms with Gasteiger partial charge in [-0.1, -0.05) is 23.7 Å². The highest BCUT2D eigenvalue weighted by Gasteiger charge is 2.11. The quantitative estimate of drug-likeness (QED) is 0.489. The van der Waals surface area contributed by atoms with Gasteiger partial charge in [-0.3, -0.25) is 4.98 Å². The third-order valence-electron chi connectivity index (χ3n) is 4.72. The smallest absolute Gasteiger partial charge is 0.144 e. The number of hydrogen-bond donors (Lipinski definition) is 1. The van der Waals surface area contributed by atoms with Gasteiger partial charge in [-0.05, 0) is 60.5 Å². The van der Waals surface area contributed by atoms with Crippen LogP contribution >= 0.6 is 11.6 Å². The molecule has 2 aromatic carbocycles. The van der Waals surface area contributed by atoms with Crippen LogP contribution < -0.4 is 5.32 Å². The lowest BCUT2D eigenvalue weighted by molar-refractivity contribution is 0.869. The van der Waals surface area contributed by atoms with Gasteiger partial charge in [0.15, 0.2) is 0 Å². The number of hydrogen-bond acceptors (Lipinski definition) is 4. The van der Waals surface area contributed by atoms with Crippen molar-refractivity contribution in [3.63, 3.8) is 0 Å². The van der Waals surface area contributed by atoms with E-state index in [2.05, 4.69) is 21.5 Å². The Hall–Kier alpha value is -3.62. The van der Waals surface area contributed by atoms with Gasteiger partial charge < -0.3 is 5.32 Å². The molecule has 2 heterocycles. The lowest BCUT2D eigenvalue weighted by Crippen LogP contribution is -2.03. The van der Waals surface area contributed by atoms with Gasteiger partial charge in [0.25, 0.3) is 0 Å². The van der Waals surface area contributed by atoms with Crippen molar-refractivity contribution in [2.45, 2.75) is 13.5 Å². The van der Waals surface area contributed by atoms with E-state index in [0.717, 1.165) is 33.1 Å². The lowest BCUT2D eigenvalue weighted by Gasteiger charge is -2.11. The van der Waals surface area contributed by atoms with Crippen molar-refractivity contribution in [2.24, 2.45) is 0 Å². The summed E-state index contributed by atoms with van der Waals surface area (Å²) >= 11 is 6.30. The number of pyridine rings is 1. The minimum atomic E-state index is 0.469. The van der Waals surface area contributed by atoms with E-state index in [-0.39, 0.29) is 0 Å². The van der Waals surface area contributed by atoms with Crippen LogP contribution in [0.25, 0.3) is 16.9 Å². The van der Waals surface area contributed by atoms with Crippen molar-refractivity contribution < 1.29 is 0 Å². The first-order valence-corrected chi connectivity index (χ1v) is 9.52. The largest absolute Gasteiger partial charge is 0.381 e. The van der Waals surface area contributed by atoms with Gasteiger partial charge in [0.05, 0.1) is 11.4 Å². The molecule has 0 unspecified atom stereocenters. The molecule has 0 aliphatic rings. The SMILES string of the molecule is Cc1cccc(Cl)c1CNc1ccc(-n2nc(-c3cccnc3)cc2C#N)cc1. The second kappa shape index (κ2) is 8.17. The maximum atomic E-state index is 9.51. The standard InChI is InChI=1S/C23H18ClN5/c1-16-4-2-6-22(24)21(16)15-27-18-7-9-19(10-8-18)29-20(13-25)12-23(28-29)17-5-3-11-26-14-17/h2-12,14,27H,15H2,1H3. The van der Waals surface area contributed by atoms with Gasteiger partial charge in [-0.2, -0.15) is 10.4 Å². The Morgan fingerprint density at radius 2 is 1.93 bits per heavy atom. The van der Waals surface area contributed by atoms with Gasteiger partial charge in [0.2, 0.25) is 0 Å². The van der Waals surface area contributed by atoms with Crippen molar-refractivity contribution in [1.29, 1.82) is 5.26 Å². The van der Waals surface area contributed by atoms with Gasteiger partial charge in [-0.25, -0.2) is 4.68 Å². The Bertz CT molecular complexity index is 1150. The number of rotatable bonds is 5. The Kier molecular flexibility index (Phi) is 5.28. The third kappa shape index (κ3) is 3.98. The summed E-state index contributed by atoms with van der Waals surface area (Å²) in [4.78, 5) is 4.12. The number of halogens is 1. The molecule has 0 aliphatic heterocycles. The molecule has 142 valence electrons. The molecule has 0 fully saturated rings. The predicted molar refractivity (Wildman–Crippen MR) is 115 cm³/mol. The highest BCUT2D eigenvalue weighted by molar-refractivity contribution is 6.31. The Morgan fingerprint density at radius 3 is 2.62 bits per heavy atom. The molecule has 5 nitrogen and oxygen atoms in total. The van der Waals surface area contributed by atoms with Crippen LogP contribution in [0.15, 0.2) is 73.1 Å². The first-order chi connectivity index (χ1) is 14.2. The van der Waals surface area contributed by atoms with Crippen LogP contribution in [-0.4, -0.2) is 14.8 Å². The van der Waals surface area contributed by atoms with Crippen molar-refractivity contribution >= 4 is 17.3 Å². The minimum Gasteiger partial charge on any atom is -0.381 e. The summed E-state index contributed by atoms with van der Waals surface area (Å²) in [5, 5.41) is 18.2. The monoisotopic (exact) mass is 399 g/mol. The van der Waals surface area contributed by atoms with E-state index in [9.17, 15) is 5.26 Å². The molecular weight excluding hydrogens is 382 g/mol. The average molecular weight is 400 g/mol. The minimum absolute atomic E-state index is 0.469. The molecule has 4 rings (SSSR count). The number of nitriles is 1. The molecule has 6 heteroatoms. The second-order valence-corrected chi connectivity index (χ2v) is 7.02. The summed E-state index contributed by atoms with van der Waals surface area (Å²) in [6, 6.07) is 21.4. The molecule has 0 saturated carbocycles. The normalized spacial score (nSPS) is 10.5. The van der Waals surface area contributed by atoms with Crippen LogP contribution in [-0.2, 0) is 6.54 Å². The van der Waals surface area contributed by atoms with E-state index in [1.165, 1.54) is 0 Å². The first kappa shape index (κ1) is 18.7. The van der Waals surface area contributed by atoms with E-state index >= 15 is 0 Å². The van der Waals surface area contributed by atoms with Crippen LogP contribution in [0, 0.1) is 18.3 Å². The first-order valence-electron chi connectivity index (χ1n) is 9.14. The molecule has 0 radical (unpaired) electrons.